The molecule has 0 unspecified atom stereocenters. The maximum atomic E-state index is 12.8. The number of aromatic carboxylic acids is 1. The average molecular weight is 337 g/mol. The summed E-state index contributed by atoms with van der Waals surface area (Å²) in [5.41, 5.74) is 2.01. The zero-order valence-electron chi connectivity index (χ0n) is 14.2. The number of allylic oxidation sites excluding steroid dienone is 1. The van der Waals surface area contributed by atoms with E-state index in [4.69, 9.17) is 9.84 Å². The summed E-state index contributed by atoms with van der Waals surface area (Å²) in [4.78, 5) is 24.0. The van der Waals surface area contributed by atoms with Gasteiger partial charge in [-0.25, -0.2) is 4.79 Å². The number of unbranched alkanes of at least 4 members (excludes halogenated alkanes) is 1. The van der Waals surface area contributed by atoms with Gasteiger partial charge in [-0.2, -0.15) is 0 Å². The summed E-state index contributed by atoms with van der Waals surface area (Å²) in [7, 11) is 1.60. The standard InChI is InChI=1S/C21H21O4/c1-3-4-6-16(13-15-9-11-19(25-2)12-10-15)20(22)17-7-5-8-18(14-17)21(23)24/h5,7-14H,1,3-4,6H2,2H3,(H,23,24). The third-order valence-corrected chi connectivity index (χ3v) is 3.82. The van der Waals surface area contributed by atoms with Crippen molar-refractivity contribution in [1.29, 1.82) is 0 Å². The molecule has 0 aromatic heterocycles. The molecule has 4 heteroatoms. The Labute approximate surface area is 147 Å². The molecule has 2 rings (SSSR count). The molecule has 0 amide bonds. The van der Waals surface area contributed by atoms with E-state index in [1.807, 2.05) is 30.3 Å². The number of carboxylic acids is 1. The predicted octanol–water partition coefficient (Wildman–Crippen LogP) is 4.66. The van der Waals surface area contributed by atoms with Gasteiger partial charge in [0.05, 0.1) is 12.7 Å². The highest BCUT2D eigenvalue weighted by molar-refractivity contribution is 6.12. The van der Waals surface area contributed by atoms with Gasteiger partial charge in [0.25, 0.3) is 0 Å². The van der Waals surface area contributed by atoms with Crippen LogP contribution in [0, 0.1) is 6.92 Å². The van der Waals surface area contributed by atoms with Gasteiger partial charge in [0, 0.05) is 11.1 Å². The summed E-state index contributed by atoms with van der Waals surface area (Å²) in [6.07, 6.45) is 3.94. The quantitative estimate of drug-likeness (QED) is 0.562. The molecule has 0 saturated carbocycles. The number of rotatable bonds is 8. The minimum absolute atomic E-state index is 0.104. The maximum Gasteiger partial charge on any atom is 0.335 e. The van der Waals surface area contributed by atoms with E-state index < -0.39 is 5.97 Å². The molecule has 1 N–H and O–H groups in total. The number of carbonyl (C=O) groups is 2. The molecule has 0 bridgehead atoms. The van der Waals surface area contributed by atoms with Crippen LogP contribution in [0.1, 0.15) is 45.5 Å². The SMILES string of the molecule is [CH2]CCCC(=Cc1ccc(OC)cc1)C(=O)c1cccc(C(=O)O)c1. The van der Waals surface area contributed by atoms with Crippen LogP contribution in [0.3, 0.4) is 0 Å². The molecule has 4 nitrogen and oxygen atoms in total. The first-order chi connectivity index (χ1) is 12.0. The van der Waals surface area contributed by atoms with Crippen molar-refractivity contribution in [2.45, 2.75) is 19.3 Å². The summed E-state index contributed by atoms with van der Waals surface area (Å²) in [6.45, 7) is 3.82. The van der Waals surface area contributed by atoms with E-state index in [-0.39, 0.29) is 11.3 Å². The molecule has 0 spiro atoms. The van der Waals surface area contributed by atoms with E-state index in [1.54, 1.807) is 19.2 Å². The molecular weight excluding hydrogens is 316 g/mol. The molecule has 0 aliphatic carbocycles. The van der Waals surface area contributed by atoms with Crippen LogP contribution in [0.25, 0.3) is 6.08 Å². The Balaban J connectivity index is 2.34. The lowest BCUT2D eigenvalue weighted by molar-refractivity contribution is 0.0697. The van der Waals surface area contributed by atoms with Crippen molar-refractivity contribution < 1.29 is 19.4 Å². The van der Waals surface area contributed by atoms with Gasteiger partial charge in [0.2, 0.25) is 0 Å². The third-order valence-electron chi connectivity index (χ3n) is 3.82. The fraction of sp³-hybridized carbons (Fsp3) is 0.190. The smallest absolute Gasteiger partial charge is 0.335 e. The van der Waals surface area contributed by atoms with Gasteiger partial charge >= 0.3 is 5.97 Å². The Bertz CT molecular complexity index is 773. The second-order valence-electron chi connectivity index (χ2n) is 5.61. The second-order valence-corrected chi connectivity index (χ2v) is 5.61. The summed E-state index contributed by atoms with van der Waals surface area (Å²) in [5.74, 6) is -0.461. The summed E-state index contributed by atoms with van der Waals surface area (Å²) < 4.78 is 5.14. The highest BCUT2D eigenvalue weighted by Gasteiger charge is 2.14. The van der Waals surface area contributed by atoms with Gasteiger partial charge in [-0.3, -0.25) is 4.79 Å². The molecule has 0 atom stereocenters. The van der Waals surface area contributed by atoms with Crippen LogP contribution in [0.5, 0.6) is 5.75 Å². The van der Waals surface area contributed by atoms with E-state index in [0.717, 1.165) is 24.2 Å². The topological polar surface area (TPSA) is 63.6 Å². The number of Topliss-reactive ketones (excluding diaryl/α,β-unsaturated/α-hetero) is 1. The Kier molecular flexibility index (Phi) is 6.52. The first kappa shape index (κ1) is 18.5. The Morgan fingerprint density at radius 1 is 1.12 bits per heavy atom. The summed E-state index contributed by atoms with van der Waals surface area (Å²) in [5, 5.41) is 9.11. The molecule has 25 heavy (non-hydrogen) atoms. The monoisotopic (exact) mass is 337 g/mol. The van der Waals surface area contributed by atoms with Crippen molar-refractivity contribution in [2.75, 3.05) is 7.11 Å². The van der Waals surface area contributed by atoms with Crippen LogP contribution in [0.15, 0.2) is 54.1 Å². The largest absolute Gasteiger partial charge is 0.497 e. The van der Waals surface area contributed by atoms with E-state index in [0.29, 0.717) is 17.6 Å². The number of hydrogen-bond donors (Lipinski definition) is 1. The van der Waals surface area contributed by atoms with Crippen molar-refractivity contribution in [1.82, 2.24) is 0 Å². The molecule has 0 aliphatic rings. The van der Waals surface area contributed by atoms with Gasteiger partial charge < -0.3 is 9.84 Å². The zero-order valence-corrected chi connectivity index (χ0v) is 14.2. The highest BCUT2D eigenvalue weighted by atomic mass is 16.5. The van der Waals surface area contributed by atoms with Crippen molar-refractivity contribution in [2.24, 2.45) is 0 Å². The minimum Gasteiger partial charge on any atom is -0.497 e. The molecule has 129 valence electrons. The van der Waals surface area contributed by atoms with Crippen LogP contribution >= 0.6 is 0 Å². The number of carboxylic acid groups (broad SMARTS) is 1. The zero-order chi connectivity index (χ0) is 18.2. The van der Waals surface area contributed by atoms with Gasteiger partial charge in [-0.1, -0.05) is 37.6 Å². The fourth-order valence-corrected chi connectivity index (χ4v) is 2.45. The van der Waals surface area contributed by atoms with Gasteiger partial charge in [-0.15, -0.1) is 0 Å². The van der Waals surface area contributed by atoms with Gasteiger partial charge in [-0.05, 0) is 48.7 Å². The first-order valence-corrected chi connectivity index (χ1v) is 8.07. The normalized spacial score (nSPS) is 11.2. The maximum absolute atomic E-state index is 12.8. The lowest BCUT2D eigenvalue weighted by atomic mass is 9.95. The lowest BCUT2D eigenvalue weighted by Gasteiger charge is -2.08. The van der Waals surface area contributed by atoms with Crippen molar-refractivity contribution in [3.8, 4) is 5.75 Å². The number of hydrogen-bond acceptors (Lipinski definition) is 3. The average Bonchev–Trinajstić information content (AvgIpc) is 2.65. The van der Waals surface area contributed by atoms with Crippen LogP contribution in [-0.2, 0) is 0 Å². The van der Waals surface area contributed by atoms with Crippen molar-refractivity contribution >= 4 is 17.8 Å². The third kappa shape index (κ3) is 5.05. The summed E-state index contributed by atoms with van der Waals surface area (Å²) >= 11 is 0. The number of methoxy groups -OCH3 is 1. The molecule has 2 aromatic carbocycles. The lowest BCUT2D eigenvalue weighted by Crippen LogP contribution is -2.06. The number of benzene rings is 2. The summed E-state index contributed by atoms with van der Waals surface area (Å²) in [6, 6.07) is 13.5. The van der Waals surface area contributed by atoms with E-state index in [1.165, 1.54) is 12.1 Å². The van der Waals surface area contributed by atoms with E-state index in [2.05, 4.69) is 6.92 Å². The number of carbonyl (C=O) groups excluding carboxylic acids is 1. The number of ketones is 1. The molecule has 0 heterocycles. The van der Waals surface area contributed by atoms with Crippen LogP contribution in [0.4, 0.5) is 0 Å². The van der Waals surface area contributed by atoms with E-state index in [9.17, 15) is 9.59 Å². The molecule has 2 aromatic rings. The predicted molar refractivity (Wildman–Crippen MR) is 97.9 cm³/mol. The number of ether oxygens (including phenoxy) is 1. The molecule has 0 fully saturated rings. The Morgan fingerprint density at radius 3 is 2.40 bits per heavy atom. The molecule has 0 saturated heterocycles. The molecule has 0 aliphatic heterocycles. The van der Waals surface area contributed by atoms with Crippen molar-refractivity contribution in [3.05, 3.63) is 77.7 Å². The Hall–Kier alpha value is -2.88. The highest BCUT2D eigenvalue weighted by Crippen LogP contribution is 2.20. The molecular formula is C21H21O4. The van der Waals surface area contributed by atoms with E-state index >= 15 is 0 Å². The van der Waals surface area contributed by atoms with Crippen LogP contribution in [-0.4, -0.2) is 24.0 Å². The van der Waals surface area contributed by atoms with Crippen LogP contribution in [0.2, 0.25) is 0 Å². The first-order valence-electron chi connectivity index (χ1n) is 8.07. The van der Waals surface area contributed by atoms with Gasteiger partial charge in [0.1, 0.15) is 5.75 Å². The Morgan fingerprint density at radius 2 is 1.80 bits per heavy atom. The van der Waals surface area contributed by atoms with Crippen LogP contribution < -0.4 is 4.74 Å². The fourth-order valence-electron chi connectivity index (χ4n) is 2.45. The second kappa shape index (κ2) is 8.83. The molecule has 1 radical (unpaired) electrons. The van der Waals surface area contributed by atoms with Crippen molar-refractivity contribution in [3.63, 3.8) is 0 Å². The minimum atomic E-state index is -1.05. The van der Waals surface area contributed by atoms with Gasteiger partial charge in [0.15, 0.2) is 5.78 Å².